The Morgan fingerprint density at radius 2 is 1.27 bits per heavy atom. The predicted octanol–water partition coefficient (Wildman–Crippen LogP) is 12.0. The maximum absolute atomic E-state index is 5.24. The summed E-state index contributed by atoms with van der Waals surface area (Å²) in [4.78, 5) is 20.1. The molecule has 2 aromatic heterocycles. The fraction of sp³-hybridized carbons (Fsp3) is 0.185. The van der Waals surface area contributed by atoms with Gasteiger partial charge in [-0.2, -0.15) is 0 Å². The molecule has 5 unspecified atom stereocenters. The molecule has 59 heavy (non-hydrogen) atoms. The van der Waals surface area contributed by atoms with E-state index in [1.54, 1.807) is 0 Å². The summed E-state index contributed by atoms with van der Waals surface area (Å²) in [5.74, 6) is 2.60. The van der Waals surface area contributed by atoms with Gasteiger partial charge in [-0.1, -0.05) is 159 Å². The second-order valence-corrected chi connectivity index (χ2v) is 16.5. The molecule has 0 fully saturated rings. The summed E-state index contributed by atoms with van der Waals surface area (Å²) in [6.07, 6.45) is 19.5. The Hall–Kier alpha value is -6.72. The molecular formula is C54H47N5. The molecule has 4 aliphatic rings. The second kappa shape index (κ2) is 15.9. The van der Waals surface area contributed by atoms with Crippen LogP contribution in [0.5, 0.6) is 0 Å². The zero-order chi connectivity index (χ0) is 39.6. The van der Waals surface area contributed by atoms with Crippen molar-refractivity contribution in [3.63, 3.8) is 0 Å². The molecule has 0 saturated carbocycles. The quantitative estimate of drug-likeness (QED) is 0.168. The van der Waals surface area contributed by atoms with E-state index in [1.165, 1.54) is 33.4 Å². The summed E-state index contributed by atoms with van der Waals surface area (Å²) >= 11 is 0. The van der Waals surface area contributed by atoms with Crippen LogP contribution in [0.25, 0.3) is 22.3 Å². The van der Waals surface area contributed by atoms with Gasteiger partial charge in [-0.3, -0.25) is 9.97 Å². The Balaban J connectivity index is 0.935. The number of aromatic nitrogens is 2. The molecule has 5 nitrogen and oxygen atoms in total. The number of amidine groups is 2. The lowest BCUT2D eigenvalue weighted by molar-refractivity contribution is 0.331. The number of benzene rings is 4. The molecule has 5 atom stereocenters. The number of rotatable bonds is 8. The molecule has 3 aliphatic carbocycles. The first-order valence-corrected chi connectivity index (χ1v) is 20.9. The second-order valence-electron chi connectivity index (χ2n) is 16.5. The van der Waals surface area contributed by atoms with E-state index in [-0.39, 0.29) is 17.5 Å². The van der Waals surface area contributed by atoms with Crippen molar-refractivity contribution in [3.05, 3.63) is 228 Å². The van der Waals surface area contributed by atoms with E-state index in [4.69, 9.17) is 20.0 Å². The third-order valence-corrected chi connectivity index (χ3v) is 12.7. The predicted molar refractivity (Wildman–Crippen MR) is 242 cm³/mol. The van der Waals surface area contributed by atoms with E-state index in [9.17, 15) is 0 Å². The van der Waals surface area contributed by atoms with Crippen LogP contribution in [0.1, 0.15) is 78.1 Å². The van der Waals surface area contributed by atoms with E-state index in [2.05, 4.69) is 170 Å². The number of nitrogens with one attached hydrogen (secondary N) is 1. The molecule has 4 aromatic carbocycles. The number of hydrogen-bond donors (Lipinski definition) is 1. The van der Waals surface area contributed by atoms with Crippen LogP contribution in [-0.2, 0) is 0 Å². The first-order chi connectivity index (χ1) is 29.1. The Morgan fingerprint density at radius 1 is 0.627 bits per heavy atom. The molecule has 0 amide bonds. The Morgan fingerprint density at radius 3 is 1.97 bits per heavy atom. The van der Waals surface area contributed by atoms with E-state index >= 15 is 0 Å². The lowest BCUT2D eigenvalue weighted by atomic mass is 9.63. The molecule has 0 radical (unpaired) electrons. The van der Waals surface area contributed by atoms with Crippen molar-refractivity contribution < 1.29 is 0 Å². The van der Waals surface area contributed by atoms with Crippen molar-refractivity contribution in [2.45, 2.75) is 50.6 Å². The minimum Gasteiger partial charge on any atom is -0.324 e. The summed E-state index contributed by atoms with van der Waals surface area (Å²) < 4.78 is 0. The van der Waals surface area contributed by atoms with Crippen molar-refractivity contribution >= 4 is 22.8 Å². The summed E-state index contributed by atoms with van der Waals surface area (Å²) in [5.41, 5.74) is 13.3. The number of aliphatic imine (C=N–C) groups is 2. The highest BCUT2D eigenvalue weighted by Gasteiger charge is 2.39. The van der Waals surface area contributed by atoms with Gasteiger partial charge in [-0.15, -0.1) is 0 Å². The molecule has 0 spiro atoms. The van der Waals surface area contributed by atoms with Crippen molar-refractivity contribution in [1.82, 2.24) is 15.3 Å². The summed E-state index contributed by atoms with van der Waals surface area (Å²) in [5, 5.41) is 3.58. The highest BCUT2D eigenvalue weighted by Crippen LogP contribution is 2.53. The maximum atomic E-state index is 5.24. The Labute approximate surface area is 347 Å². The number of fused-ring (bicyclic) bond motifs is 1. The van der Waals surface area contributed by atoms with Crippen molar-refractivity contribution in [3.8, 4) is 11.1 Å². The van der Waals surface area contributed by atoms with Gasteiger partial charge in [0.05, 0.1) is 5.69 Å². The zero-order valence-electron chi connectivity index (χ0n) is 33.3. The fourth-order valence-corrected chi connectivity index (χ4v) is 9.51. The van der Waals surface area contributed by atoms with Crippen molar-refractivity contribution in [1.29, 1.82) is 0 Å². The largest absolute Gasteiger partial charge is 0.324 e. The van der Waals surface area contributed by atoms with Gasteiger partial charge in [0.15, 0.2) is 6.17 Å². The van der Waals surface area contributed by atoms with Gasteiger partial charge >= 0.3 is 0 Å². The normalized spacial score (nSPS) is 23.7. The van der Waals surface area contributed by atoms with Gasteiger partial charge in [-0.05, 0) is 100 Å². The van der Waals surface area contributed by atoms with Gasteiger partial charge in [0.25, 0.3) is 0 Å². The SMILES string of the molecule is CC1(C2CC=C(C3C=C(c4ccccn4)CC(c4ccccn4)C3)c3ccccc32)C=CC(C2N=C(c3ccccc3)NC(c3ccc(-c4ccccc4)cc3)=N2)=CC1. The van der Waals surface area contributed by atoms with Crippen LogP contribution in [0.4, 0.5) is 0 Å². The molecule has 10 rings (SSSR count). The molecule has 288 valence electrons. The third kappa shape index (κ3) is 7.45. The van der Waals surface area contributed by atoms with E-state index in [0.717, 1.165) is 65.4 Å². The van der Waals surface area contributed by atoms with Gasteiger partial charge in [0.1, 0.15) is 11.7 Å². The van der Waals surface area contributed by atoms with Gasteiger partial charge in [0, 0.05) is 41.1 Å². The molecule has 3 heterocycles. The molecule has 1 N–H and O–H groups in total. The zero-order valence-corrected chi connectivity index (χ0v) is 33.3. The Bertz CT molecular complexity index is 2640. The minimum absolute atomic E-state index is 0.0711. The number of hydrogen-bond acceptors (Lipinski definition) is 5. The lowest BCUT2D eigenvalue weighted by Crippen LogP contribution is -2.38. The highest BCUT2D eigenvalue weighted by atomic mass is 15.2. The topological polar surface area (TPSA) is 62.5 Å². The average molecular weight is 766 g/mol. The van der Waals surface area contributed by atoms with Crippen LogP contribution in [0.3, 0.4) is 0 Å². The standard InChI is InChI=1S/C54H47N5/c1-54(48-27-26-45(46-18-8-9-19-47(46)48)42-34-43(49-20-10-12-32-55-49)36-44(35-42)50-21-11-13-33-56-50)30-28-41(29-31-54)53-58-51(39-16-6-3-7-17-39)57-52(59-53)40-24-22-38(23-25-40)37-14-4-2-5-15-37/h2-26,28-30,32-34,42,44,48,53H,27,31,35-36H2,1H3,(H,57,58,59). The molecule has 0 bridgehead atoms. The van der Waals surface area contributed by atoms with Crippen LogP contribution in [0.15, 0.2) is 204 Å². The first kappa shape index (κ1) is 36.6. The molecule has 0 saturated heterocycles. The van der Waals surface area contributed by atoms with Crippen molar-refractivity contribution in [2.75, 3.05) is 0 Å². The van der Waals surface area contributed by atoms with E-state index in [0.29, 0.717) is 11.8 Å². The van der Waals surface area contributed by atoms with Crippen molar-refractivity contribution in [2.24, 2.45) is 21.3 Å². The van der Waals surface area contributed by atoms with E-state index < -0.39 is 0 Å². The first-order valence-electron chi connectivity index (χ1n) is 20.9. The fourth-order valence-electron chi connectivity index (χ4n) is 9.51. The van der Waals surface area contributed by atoms with Crippen LogP contribution in [0.2, 0.25) is 0 Å². The highest BCUT2D eigenvalue weighted by molar-refractivity contribution is 6.16. The number of allylic oxidation sites excluding steroid dienone is 6. The molecule has 1 aliphatic heterocycles. The van der Waals surface area contributed by atoms with Crippen LogP contribution < -0.4 is 5.32 Å². The smallest absolute Gasteiger partial charge is 0.169 e. The molecule has 5 heteroatoms. The summed E-state index contributed by atoms with van der Waals surface area (Å²) in [7, 11) is 0. The number of nitrogens with zero attached hydrogens (tertiary/aromatic N) is 4. The van der Waals surface area contributed by atoms with Crippen LogP contribution in [-0.4, -0.2) is 27.8 Å². The summed E-state index contributed by atoms with van der Waals surface area (Å²) in [6, 6.07) is 51.2. The lowest BCUT2D eigenvalue weighted by Gasteiger charge is -2.41. The van der Waals surface area contributed by atoms with E-state index in [1.807, 2.05) is 30.6 Å². The van der Waals surface area contributed by atoms with Gasteiger partial charge in [0.2, 0.25) is 0 Å². The average Bonchev–Trinajstić information content (AvgIpc) is 3.32. The summed E-state index contributed by atoms with van der Waals surface area (Å²) in [6.45, 7) is 2.43. The van der Waals surface area contributed by atoms with Crippen LogP contribution >= 0.6 is 0 Å². The van der Waals surface area contributed by atoms with Crippen LogP contribution in [0, 0.1) is 11.3 Å². The van der Waals surface area contributed by atoms with Gasteiger partial charge in [-0.25, -0.2) is 9.98 Å². The molecule has 6 aromatic rings. The number of pyridine rings is 2. The minimum atomic E-state index is -0.348. The Kier molecular flexibility index (Phi) is 9.87. The van der Waals surface area contributed by atoms with Gasteiger partial charge < -0.3 is 5.32 Å². The molecular weight excluding hydrogens is 719 g/mol. The monoisotopic (exact) mass is 765 g/mol. The third-order valence-electron chi connectivity index (χ3n) is 12.7. The maximum Gasteiger partial charge on any atom is 0.169 e.